The predicted octanol–water partition coefficient (Wildman–Crippen LogP) is 4.16. The van der Waals surface area contributed by atoms with Gasteiger partial charge in [0.2, 0.25) is 0 Å². The molecule has 2 aromatic heterocycles. The number of thiophene rings is 1. The number of carbonyl (C=O) groups is 3. The second kappa shape index (κ2) is 10.6. The number of benzene rings is 1. The van der Waals surface area contributed by atoms with E-state index in [1.54, 1.807) is 26.0 Å². The molecule has 35 heavy (non-hydrogen) atoms. The van der Waals surface area contributed by atoms with Gasteiger partial charge < -0.3 is 14.5 Å². The van der Waals surface area contributed by atoms with Crippen molar-refractivity contribution in [2.24, 2.45) is 11.0 Å². The van der Waals surface area contributed by atoms with Crippen molar-refractivity contribution in [2.45, 2.75) is 32.4 Å². The lowest BCUT2D eigenvalue weighted by Crippen LogP contribution is -2.46. The lowest BCUT2D eigenvalue weighted by molar-refractivity contribution is -0.155. The highest BCUT2D eigenvalue weighted by molar-refractivity contribution is 7.12. The van der Waals surface area contributed by atoms with Gasteiger partial charge in [-0.3, -0.25) is 9.59 Å². The van der Waals surface area contributed by atoms with Crippen LogP contribution in [0.15, 0.2) is 69.7 Å². The Hall–Kier alpha value is -3.79. The van der Waals surface area contributed by atoms with E-state index in [1.165, 1.54) is 40.8 Å². The second-order valence-corrected chi connectivity index (χ2v) is 9.23. The molecule has 0 fully saturated rings. The topological polar surface area (TPSA) is 101 Å². The highest BCUT2D eigenvalue weighted by atomic mass is 32.1. The van der Waals surface area contributed by atoms with Crippen molar-refractivity contribution in [3.63, 3.8) is 0 Å². The van der Waals surface area contributed by atoms with E-state index in [0.29, 0.717) is 12.2 Å². The third-order valence-corrected chi connectivity index (χ3v) is 6.43. The number of esters is 1. The minimum atomic E-state index is -1.07. The molecule has 1 aromatic carbocycles. The lowest BCUT2D eigenvalue weighted by Gasteiger charge is -2.23. The van der Waals surface area contributed by atoms with Gasteiger partial charge in [0.05, 0.1) is 22.4 Å². The number of ether oxygens (including phenoxy) is 1. The first-order chi connectivity index (χ1) is 16.8. The lowest BCUT2D eigenvalue weighted by atomic mass is 10.0. The van der Waals surface area contributed by atoms with E-state index < -0.39 is 42.3 Å². The molecule has 1 aliphatic heterocycles. The summed E-state index contributed by atoms with van der Waals surface area (Å²) in [7, 11) is 0. The van der Waals surface area contributed by atoms with Crippen LogP contribution in [0.4, 0.5) is 4.39 Å². The number of rotatable bonds is 8. The zero-order chi connectivity index (χ0) is 24.9. The molecule has 2 atom stereocenters. The number of hydrogen-bond donors (Lipinski definition) is 1. The van der Waals surface area contributed by atoms with E-state index in [-0.39, 0.29) is 11.5 Å². The van der Waals surface area contributed by atoms with Crippen molar-refractivity contribution in [1.82, 2.24) is 10.3 Å². The van der Waals surface area contributed by atoms with Crippen LogP contribution in [0.5, 0.6) is 0 Å². The summed E-state index contributed by atoms with van der Waals surface area (Å²) >= 11 is 1.51. The second-order valence-electron chi connectivity index (χ2n) is 8.28. The van der Waals surface area contributed by atoms with Crippen molar-refractivity contribution in [3.8, 4) is 0 Å². The summed E-state index contributed by atoms with van der Waals surface area (Å²) < 4.78 is 24.7. The fourth-order valence-corrected chi connectivity index (χ4v) is 4.41. The summed E-state index contributed by atoms with van der Waals surface area (Å²) in [5.41, 5.74) is 0.550. The molecule has 182 valence electrons. The van der Waals surface area contributed by atoms with Gasteiger partial charge in [-0.05, 0) is 41.6 Å². The van der Waals surface area contributed by atoms with Crippen molar-refractivity contribution in [3.05, 3.63) is 82.2 Å². The van der Waals surface area contributed by atoms with Crippen LogP contribution in [0.1, 0.15) is 47.3 Å². The molecule has 0 saturated heterocycles. The van der Waals surface area contributed by atoms with Crippen LogP contribution >= 0.6 is 11.3 Å². The molecule has 2 amide bonds. The number of furan rings is 1. The van der Waals surface area contributed by atoms with Crippen LogP contribution in [-0.4, -0.2) is 41.2 Å². The summed E-state index contributed by atoms with van der Waals surface area (Å²) in [6.07, 6.45) is 1.98. The van der Waals surface area contributed by atoms with Crippen LogP contribution in [0.25, 0.3) is 0 Å². The molecule has 0 spiro atoms. The molecule has 1 N–H and O–H groups in total. The van der Waals surface area contributed by atoms with Gasteiger partial charge in [-0.25, -0.2) is 14.2 Å². The fourth-order valence-electron chi connectivity index (χ4n) is 3.69. The molecule has 8 nitrogen and oxygen atoms in total. The first-order valence-corrected chi connectivity index (χ1v) is 11.9. The van der Waals surface area contributed by atoms with Crippen molar-refractivity contribution in [1.29, 1.82) is 0 Å². The maximum Gasteiger partial charge on any atom is 0.329 e. The van der Waals surface area contributed by atoms with E-state index >= 15 is 0 Å². The quantitative estimate of drug-likeness (QED) is 0.471. The molecule has 0 radical (unpaired) electrons. The molecule has 1 aliphatic rings. The van der Waals surface area contributed by atoms with E-state index in [0.717, 1.165) is 16.7 Å². The molecule has 0 saturated carbocycles. The molecule has 0 unspecified atom stereocenters. The van der Waals surface area contributed by atoms with Gasteiger partial charge in [-0.15, -0.1) is 11.3 Å². The first-order valence-electron chi connectivity index (χ1n) is 11.0. The van der Waals surface area contributed by atoms with Crippen LogP contribution in [0.3, 0.4) is 0 Å². The minimum absolute atomic E-state index is 0.184. The predicted molar refractivity (Wildman–Crippen MR) is 127 cm³/mol. The molecule has 3 heterocycles. The summed E-state index contributed by atoms with van der Waals surface area (Å²) in [5, 5.41) is 10.2. The van der Waals surface area contributed by atoms with Gasteiger partial charge in [0.15, 0.2) is 6.61 Å². The molecule has 3 aromatic rings. The largest absolute Gasteiger partial charge is 0.467 e. The molecule has 10 heteroatoms. The minimum Gasteiger partial charge on any atom is -0.467 e. The zero-order valence-corrected chi connectivity index (χ0v) is 20.0. The fraction of sp³-hybridized carbons (Fsp3) is 0.280. The van der Waals surface area contributed by atoms with Gasteiger partial charge in [-0.2, -0.15) is 5.10 Å². The van der Waals surface area contributed by atoms with Gasteiger partial charge >= 0.3 is 5.97 Å². The monoisotopic (exact) mass is 497 g/mol. The van der Waals surface area contributed by atoms with E-state index in [9.17, 15) is 18.8 Å². The van der Waals surface area contributed by atoms with E-state index in [2.05, 4.69) is 10.4 Å². The van der Waals surface area contributed by atoms with E-state index in [1.807, 2.05) is 17.5 Å². The maximum absolute atomic E-state index is 14.0. The average Bonchev–Trinajstić information content (AvgIpc) is 3.61. The normalized spacial score (nSPS) is 16.2. The van der Waals surface area contributed by atoms with E-state index in [4.69, 9.17) is 9.15 Å². The third-order valence-electron chi connectivity index (χ3n) is 5.51. The number of hydrogen-bond acceptors (Lipinski definition) is 7. The summed E-state index contributed by atoms with van der Waals surface area (Å²) in [4.78, 5) is 39.2. The highest BCUT2D eigenvalue weighted by Crippen LogP contribution is 2.34. The summed E-state index contributed by atoms with van der Waals surface area (Å²) in [6.45, 7) is 2.84. The van der Waals surface area contributed by atoms with Crippen LogP contribution in [0, 0.1) is 11.7 Å². The zero-order valence-electron chi connectivity index (χ0n) is 19.1. The van der Waals surface area contributed by atoms with Gasteiger partial charge in [0.1, 0.15) is 23.7 Å². The Balaban J connectivity index is 1.43. The highest BCUT2D eigenvalue weighted by Gasteiger charge is 2.36. The molecular formula is C25H24FN3O5S. The standard InChI is InChI=1S/C25H24FN3O5S/c1-15(2)23(27-24(31)16-7-3-4-8-17(16)26)25(32)34-14-22(30)29-19(20-9-5-11-33-20)13-18(28-29)21-10-6-12-35-21/h3-12,15,19,23H,13-14H2,1-2H3,(H,27,31)/t19-,23-/m1/s1. The third kappa shape index (κ3) is 5.48. The number of carbonyl (C=O) groups excluding carboxylic acids is 3. The van der Waals surface area contributed by atoms with Crippen LogP contribution in [0.2, 0.25) is 0 Å². The SMILES string of the molecule is CC(C)[C@@H](NC(=O)c1ccccc1F)C(=O)OCC(=O)N1N=C(c2cccs2)C[C@@H]1c1ccco1. The first kappa shape index (κ1) is 24.3. The van der Waals surface area contributed by atoms with Gasteiger partial charge in [-0.1, -0.05) is 32.0 Å². The Morgan fingerprint density at radius 2 is 2.00 bits per heavy atom. The number of halogens is 1. The molecule has 0 aliphatic carbocycles. The van der Waals surface area contributed by atoms with Gasteiger partial charge in [0, 0.05) is 6.42 Å². The number of hydrazone groups is 1. The van der Waals surface area contributed by atoms with Crippen LogP contribution in [-0.2, 0) is 14.3 Å². The van der Waals surface area contributed by atoms with Crippen LogP contribution < -0.4 is 5.32 Å². The molecule has 0 bridgehead atoms. The average molecular weight is 498 g/mol. The Morgan fingerprint density at radius 1 is 1.20 bits per heavy atom. The Morgan fingerprint density at radius 3 is 2.66 bits per heavy atom. The van der Waals surface area contributed by atoms with Crippen molar-refractivity contribution < 1.29 is 27.9 Å². The molecule has 4 rings (SSSR count). The summed E-state index contributed by atoms with van der Waals surface area (Å²) in [5.74, 6) is -2.57. The van der Waals surface area contributed by atoms with Crippen molar-refractivity contribution in [2.75, 3.05) is 6.61 Å². The Labute approximate surface area is 205 Å². The smallest absolute Gasteiger partial charge is 0.329 e. The molecular weight excluding hydrogens is 473 g/mol. The summed E-state index contributed by atoms with van der Waals surface area (Å²) in [6, 6.07) is 11.2. The Kier molecular flexibility index (Phi) is 7.40. The maximum atomic E-state index is 14.0. The van der Waals surface area contributed by atoms with Crippen molar-refractivity contribution >= 4 is 34.8 Å². The number of amides is 2. The Bertz CT molecular complexity index is 1220. The van der Waals surface area contributed by atoms with Gasteiger partial charge in [0.25, 0.3) is 11.8 Å². The number of nitrogens with zero attached hydrogens (tertiary/aromatic N) is 2. The number of nitrogens with one attached hydrogen (secondary N) is 1.